The molecule has 4 aromatic rings. The van der Waals surface area contributed by atoms with Crippen LogP contribution in [-0.4, -0.2) is 41.2 Å². The second-order valence-electron chi connectivity index (χ2n) is 7.16. The Morgan fingerprint density at radius 2 is 2.29 bits per heavy atom. The van der Waals surface area contributed by atoms with E-state index in [9.17, 15) is 0 Å². The molecule has 0 N–H and O–H groups in total. The van der Waals surface area contributed by atoms with Crippen molar-refractivity contribution < 1.29 is 13.9 Å². The van der Waals surface area contributed by atoms with Crippen molar-refractivity contribution in [1.82, 2.24) is 14.9 Å². The number of aromatic nitrogens is 2. The lowest BCUT2D eigenvalue weighted by atomic mass is 10.1. The predicted octanol–water partition coefficient (Wildman–Crippen LogP) is 4.84. The molecule has 1 aliphatic rings. The Labute approximate surface area is 166 Å². The number of nitrogens with zero attached hydrogens (tertiary/aromatic N) is 3. The van der Waals surface area contributed by atoms with Crippen LogP contribution in [0.2, 0.25) is 0 Å². The third-order valence-corrected chi connectivity index (χ3v) is 5.85. The Morgan fingerprint density at radius 1 is 1.32 bits per heavy atom. The summed E-state index contributed by atoms with van der Waals surface area (Å²) in [6.07, 6.45) is 6.24. The van der Waals surface area contributed by atoms with E-state index in [4.69, 9.17) is 13.9 Å². The molecule has 0 bridgehead atoms. The van der Waals surface area contributed by atoms with Crippen LogP contribution in [0.5, 0.6) is 10.9 Å². The van der Waals surface area contributed by atoms with Gasteiger partial charge in [0.2, 0.25) is 0 Å². The van der Waals surface area contributed by atoms with Crippen molar-refractivity contribution in [3.8, 4) is 10.9 Å². The first-order valence-electron chi connectivity index (χ1n) is 9.44. The van der Waals surface area contributed by atoms with Crippen LogP contribution in [-0.2, 0) is 11.3 Å². The van der Waals surface area contributed by atoms with Crippen LogP contribution in [0.25, 0.3) is 21.3 Å². The number of furan rings is 1. The fourth-order valence-corrected chi connectivity index (χ4v) is 4.43. The fraction of sp³-hybridized carbons (Fsp3) is 0.333. The lowest BCUT2D eigenvalue weighted by molar-refractivity contribution is 0.0793. The second kappa shape index (κ2) is 7.50. The number of likely N-dealkylation sites (N-methyl/N-ethyl adjacent to an activating group) is 1. The van der Waals surface area contributed by atoms with E-state index < -0.39 is 0 Å². The molecular formula is C21H21N3O3S. The summed E-state index contributed by atoms with van der Waals surface area (Å²) in [5.41, 5.74) is 2.70. The molecular weight excluding hydrogens is 374 g/mol. The highest BCUT2D eigenvalue weighted by atomic mass is 32.1. The molecule has 6 nitrogen and oxygen atoms in total. The molecule has 7 heteroatoms. The molecule has 5 rings (SSSR count). The quantitative estimate of drug-likeness (QED) is 0.465. The summed E-state index contributed by atoms with van der Waals surface area (Å²) in [4.78, 5) is 11.0. The minimum Gasteiger partial charge on any atom is -0.464 e. The topological polar surface area (TPSA) is 60.6 Å². The first-order valence-corrected chi connectivity index (χ1v) is 10.3. The maximum Gasteiger partial charge on any atom is 0.281 e. The van der Waals surface area contributed by atoms with E-state index >= 15 is 0 Å². The lowest BCUT2D eigenvalue weighted by Crippen LogP contribution is -2.28. The Morgan fingerprint density at radius 3 is 3.14 bits per heavy atom. The summed E-state index contributed by atoms with van der Waals surface area (Å²) in [5, 5.41) is 1.69. The summed E-state index contributed by atoms with van der Waals surface area (Å²) >= 11 is 1.48. The molecule has 144 valence electrons. The smallest absolute Gasteiger partial charge is 0.281 e. The third kappa shape index (κ3) is 3.61. The van der Waals surface area contributed by atoms with Gasteiger partial charge in [-0.25, -0.2) is 4.98 Å². The summed E-state index contributed by atoms with van der Waals surface area (Å²) in [7, 11) is 2.12. The van der Waals surface area contributed by atoms with E-state index in [0.29, 0.717) is 22.7 Å². The zero-order valence-electron chi connectivity index (χ0n) is 15.6. The van der Waals surface area contributed by atoms with E-state index in [1.54, 1.807) is 6.20 Å². The maximum atomic E-state index is 5.93. The van der Waals surface area contributed by atoms with E-state index in [1.807, 2.05) is 30.5 Å². The van der Waals surface area contributed by atoms with Gasteiger partial charge in [-0.2, -0.15) is 4.98 Å². The number of hydrogen-bond donors (Lipinski definition) is 0. The van der Waals surface area contributed by atoms with Crippen LogP contribution in [0, 0.1) is 0 Å². The number of fused-ring (bicyclic) bond motifs is 2. The molecule has 28 heavy (non-hydrogen) atoms. The average molecular weight is 395 g/mol. The largest absolute Gasteiger partial charge is 0.464 e. The van der Waals surface area contributed by atoms with Crippen molar-refractivity contribution in [2.75, 3.05) is 20.2 Å². The van der Waals surface area contributed by atoms with Crippen molar-refractivity contribution in [3.63, 3.8) is 0 Å². The van der Waals surface area contributed by atoms with Gasteiger partial charge in [-0.1, -0.05) is 11.3 Å². The molecule has 4 heterocycles. The van der Waals surface area contributed by atoms with Gasteiger partial charge in [0.05, 0.1) is 17.1 Å². The highest BCUT2D eigenvalue weighted by Crippen LogP contribution is 2.33. The monoisotopic (exact) mass is 395 g/mol. The molecule has 0 amide bonds. The van der Waals surface area contributed by atoms with Crippen LogP contribution < -0.4 is 4.74 Å². The fourth-order valence-electron chi connectivity index (χ4n) is 3.63. The molecule has 1 saturated heterocycles. The van der Waals surface area contributed by atoms with E-state index in [-0.39, 0.29) is 0 Å². The zero-order valence-corrected chi connectivity index (χ0v) is 16.4. The van der Waals surface area contributed by atoms with Gasteiger partial charge in [0.15, 0.2) is 5.65 Å². The van der Waals surface area contributed by atoms with Crippen LogP contribution in [0.3, 0.4) is 0 Å². The molecule has 0 saturated carbocycles. The normalized spacial score (nSPS) is 17.1. The minimum atomic E-state index is 0.353. The SMILES string of the molecule is CN(Cc1coc2cc(Oc3nc4ncccc4s3)ccc12)CC1CCCO1. The van der Waals surface area contributed by atoms with E-state index in [0.717, 1.165) is 41.8 Å². The number of ether oxygens (including phenoxy) is 2. The molecule has 0 radical (unpaired) electrons. The average Bonchev–Trinajstić information content (AvgIpc) is 3.41. The summed E-state index contributed by atoms with van der Waals surface area (Å²) in [6, 6.07) is 9.81. The molecule has 3 aromatic heterocycles. The van der Waals surface area contributed by atoms with Gasteiger partial charge in [-0.05, 0) is 44.2 Å². The van der Waals surface area contributed by atoms with Crippen molar-refractivity contribution in [2.45, 2.75) is 25.5 Å². The van der Waals surface area contributed by atoms with Gasteiger partial charge in [0, 0.05) is 42.9 Å². The van der Waals surface area contributed by atoms with Gasteiger partial charge in [-0.15, -0.1) is 0 Å². The third-order valence-electron chi connectivity index (χ3n) is 4.96. The Kier molecular flexibility index (Phi) is 4.72. The van der Waals surface area contributed by atoms with Crippen LogP contribution >= 0.6 is 11.3 Å². The van der Waals surface area contributed by atoms with Gasteiger partial charge in [-0.3, -0.25) is 4.90 Å². The molecule has 0 spiro atoms. The van der Waals surface area contributed by atoms with Gasteiger partial charge in [0.1, 0.15) is 11.3 Å². The highest BCUT2D eigenvalue weighted by molar-refractivity contribution is 7.20. The van der Waals surface area contributed by atoms with E-state index in [1.165, 1.54) is 23.3 Å². The van der Waals surface area contributed by atoms with Crippen molar-refractivity contribution in [1.29, 1.82) is 0 Å². The summed E-state index contributed by atoms with van der Waals surface area (Å²) in [5.74, 6) is 0.708. The van der Waals surface area contributed by atoms with E-state index in [2.05, 4.69) is 28.0 Å². The molecule has 1 atom stereocenters. The summed E-state index contributed by atoms with van der Waals surface area (Å²) in [6.45, 7) is 2.66. The van der Waals surface area contributed by atoms with Crippen LogP contribution in [0.15, 0.2) is 47.2 Å². The number of thiazole rings is 1. The molecule has 1 unspecified atom stereocenters. The molecule has 1 fully saturated rings. The van der Waals surface area contributed by atoms with Crippen molar-refractivity contribution >= 4 is 32.7 Å². The molecule has 1 aliphatic heterocycles. The number of pyridine rings is 1. The minimum absolute atomic E-state index is 0.353. The summed E-state index contributed by atoms with van der Waals surface area (Å²) < 4.78 is 18.5. The lowest BCUT2D eigenvalue weighted by Gasteiger charge is -2.19. The van der Waals surface area contributed by atoms with Gasteiger partial charge < -0.3 is 13.9 Å². The Balaban J connectivity index is 1.31. The number of hydrogen-bond acceptors (Lipinski definition) is 7. The Bertz CT molecular complexity index is 1070. The first-order chi connectivity index (χ1) is 13.7. The van der Waals surface area contributed by atoms with Crippen molar-refractivity contribution in [3.05, 3.63) is 48.4 Å². The first kappa shape index (κ1) is 17.6. The highest BCUT2D eigenvalue weighted by Gasteiger charge is 2.18. The Hall–Kier alpha value is -2.48. The standard InChI is InChI=1S/C21H21N3O3S/c1-24(12-16-4-3-9-25-16)11-14-13-26-18-10-15(6-7-17(14)18)27-21-23-20-19(28-21)5-2-8-22-20/h2,5-8,10,13,16H,3-4,9,11-12H2,1H3. The van der Waals surface area contributed by atoms with Crippen LogP contribution in [0.4, 0.5) is 0 Å². The number of benzene rings is 1. The van der Waals surface area contributed by atoms with Crippen LogP contribution in [0.1, 0.15) is 18.4 Å². The number of rotatable bonds is 6. The predicted molar refractivity (Wildman–Crippen MR) is 109 cm³/mol. The van der Waals surface area contributed by atoms with Crippen molar-refractivity contribution in [2.24, 2.45) is 0 Å². The zero-order chi connectivity index (χ0) is 18.9. The van der Waals surface area contributed by atoms with Gasteiger partial charge >= 0.3 is 0 Å². The maximum absolute atomic E-state index is 5.93. The molecule has 1 aromatic carbocycles. The molecule has 0 aliphatic carbocycles. The van der Waals surface area contributed by atoms with Gasteiger partial charge in [0.25, 0.3) is 5.19 Å². The second-order valence-corrected chi connectivity index (χ2v) is 8.15.